The summed E-state index contributed by atoms with van der Waals surface area (Å²) < 4.78 is 1.93. The molecule has 3 rings (SSSR count). The third-order valence-corrected chi connectivity index (χ3v) is 3.21. The first-order valence-corrected chi connectivity index (χ1v) is 6.53. The number of hydrazone groups is 1. The zero-order valence-corrected chi connectivity index (χ0v) is 11.5. The molecule has 1 aromatic carbocycles. The summed E-state index contributed by atoms with van der Waals surface area (Å²) in [6.07, 6.45) is 6.73. The van der Waals surface area contributed by atoms with Crippen molar-refractivity contribution in [3.05, 3.63) is 66.1 Å². The molecule has 104 valence electrons. The molecule has 3 aromatic rings. The lowest BCUT2D eigenvalue weighted by molar-refractivity contribution is 0.0956. The molecule has 0 aliphatic carbocycles. The van der Waals surface area contributed by atoms with Crippen LogP contribution in [-0.4, -0.2) is 21.7 Å². The molecule has 5 heteroatoms. The molecule has 0 aliphatic rings. The SMILES string of the molecule is Cn1cc(C(=O)N/N=C/c2cccnc2)c2ccccc21. The summed E-state index contributed by atoms with van der Waals surface area (Å²) >= 11 is 0. The highest BCUT2D eigenvalue weighted by Crippen LogP contribution is 2.19. The van der Waals surface area contributed by atoms with Crippen LogP contribution in [0, 0.1) is 0 Å². The van der Waals surface area contributed by atoms with Gasteiger partial charge in [0.2, 0.25) is 0 Å². The molecule has 0 unspecified atom stereocenters. The van der Waals surface area contributed by atoms with Gasteiger partial charge in [-0.05, 0) is 12.1 Å². The summed E-state index contributed by atoms with van der Waals surface area (Å²) in [6, 6.07) is 11.4. The van der Waals surface area contributed by atoms with E-state index in [2.05, 4.69) is 15.5 Å². The Morgan fingerprint density at radius 2 is 2.14 bits per heavy atom. The van der Waals surface area contributed by atoms with Gasteiger partial charge in [0, 0.05) is 42.1 Å². The Labute approximate surface area is 121 Å². The molecule has 2 heterocycles. The van der Waals surface area contributed by atoms with Crippen molar-refractivity contribution in [2.45, 2.75) is 0 Å². The molecule has 21 heavy (non-hydrogen) atoms. The highest BCUT2D eigenvalue weighted by atomic mass is 16.2. The number of amides is 1. The molecule has 0 saturated carbocycles. The number of carbonyl (C=O) groups excluding carboxylic acids is 1. The summed E-state index contributed by atoms with van der Waals surface area (Å²) in [5, 5.41) is 4.87. The second-order valence-corrected chi connectivity index (χ2v) is 4.66. The number of para-hydroxylation sites is 1. The number of aromatic nitrogens is 2. The molecule has 0 atom stereocenters. The Bertz CT molecular complexity index is 806. The molecule has 0 fully saturated rings. The van der Waals surface area contributed by atoms with Gasteiger partial charge in [0.15, 0.2) is 0 Å². The van der Waals surface area contributed by atoms with Crippen LogP contribution >= 0.6 is 0 Å². The quantitative estimate of drug-likeness (QED) is 0.590. The standard InChI is InChI=1S/C16H14N4O/c1-20-11-14(13-6-2-3-7-15(13)20)16(21)19-18-10-12-5-4-8-17-9-12/h2-11H,1H3,(H,19,21)/b18-10+. The van der Waals surface area contributed by atoms with E-state index in [4.69, 9.17) is 0 Å². The lowest BCUT2D eigenvalue weighted by atomic mass is 10.2. The number of nitrogens with one attached hydrogen (secondary N) is 1. The Kier molecular flexibility index (Phi) is 3.47. The largest absolute Gasteiger partial charge is 0.350 e. The molecule has 0 aliphatic heterocycles. The van der Waals surface area contributed by atoms with Gasteiger partial charge >= 0.3 is 0 Å². The number of pyridine rings is 1. The number of rotatable bonds is 3. The minimum atomic E-state index is -0.230. The smallest absolute Gasteiger partial charge is 0.273 e. The van der Waals surface area contributed by atoms with Gasteiger partial charge in [-0.1, -0.05) is 24.3 Å². The van der Waals surface area contributed by atoms with Crippen LogP contribution in [-0.2, 0) is 7.05 Å². The number of fused-ring (bicyclic) bond motifs is 1. The normalized spacial score (nSPS) is 11.1. The minimum absolute atomic E-state index is 0.230. The molecule has 1 amide bonds. The van der Waals surface area contributed by atoms with Crippen LogP contribution in [0.2, 0.25) is 0 Å². The van der Waals surface area contributed by atoms with Crippen LogP contribution in [0.15, 0.2) is 60.1 Å². The Morgan fingerprint density at radius 1 is 1.29 bits per heavy atom. The molecular formula is C16H14N4O. The maximum absolute atomic E-state index is 12.2. The van der Waals surface area contributed by atoms with Crippen LogP contribution in [0.5, 0.6) is 0 Å². The Morgan fingerprint density at radius 3 is 2.95 bits per heavy atom. The fraction of sp³-hybridized carbons (Fsp3) is 0.0625. The molecule has 0 spiro atoms. The Hall–Kier alpha value is -2.95. The second kappa shape index (κ2) is 5.58. The monoisotopic (exact) mass is 278 g/mol. The third-order valence-electron chi connectivity index (χ3n) is 3.21. The average Bonchev–Trinajstić information content (AvgIpc) is 2.86. The van der Waals surface area contributed by atoms with Crippen molar-refractivity contribution >= 4 is 23.0 Å². The Balaban J connectivity index is 1.80. The first-order valence-electron chi connectivity index (χ1n) is 6.53. The van der Waals surface area contributed by atoms with Crippen molar-refractivity contribution in [3.8, 4) is 0 Å². The summed E-state index contributed by atoms with van der Waals surface area (Å²) in [4.78, 5) is 16.2. The van der Waals surface area contributed by atoms with Gasteiger partial charge in [-0.15, -0.1) is 0 Å². The van der Waals surface area contributed by atoms with Gasteiger partial charge in [-0.2, -0.15) is 5.10 Å². The third kappa shape index (κ3) is 2.67. The maximum Gasteiger partial charge on any atom is 0.273 e. The van der Waals surface area contributed by atoms with Gasteiger partial charge in [-0.3, -0.25) is 9.78 Å². The van der Waals surface area contributed by atoms with Crippen LogP contribution in [0.3, 0.4) is 0 Å². The van der Waals surface area contributed by atoms with Gasteiger partial charge in [-0.25, -0.2) is 5.43 Å². The van der Waals surface area contributed by atoms with Crippen molar-refractivity contribution in [1.29, 1.82) is 0 Å². The lowest BCUT2D eigenvalue weighted by Crippen LogP contribution is -2.17. The highest BCUT2D eigenvalue weighted by Gasteiger charge is 2.12. The number of benzene rings is 1. The van der Waals surface area contributed by atoms with Gasteiger partial charge in [0.05, 0.1) is 11.8 Å². The maximum atomic E-state index is 12.2. The second-order valence-electron chi connectivity index (χ2n) is 4.66. The molecular weight excluding hydrogens is 264 g/mol. The summed E-state index contributed by atoms with van der Waals surface area (Å²) in [5.74, 6) is -0.230. The molecule has 2 aromatic heterocycles. The molecule has 0 saturated heterocycles. The number of hydrogen-bond donors (Lipinski definition) is 1. The number of hydrogen-bond acceptors (Lipinski definition) is 3. The van der Waals surface area contributed by atoms with E-state index in [1.54, 1.807) is 24.8 Å². The van der Waals surface area contributed by atoms with E-state index in [0.29, 0.717) is 5.56 Å². The van der Waals surface area contributed by atoms with Crippen molar-refractivity contribution in [1.82, 2.24) is 15.0 Å². The molecule has 0 bridgehead atoms. The molecule has 0 radical (unpaired) electrons. The fourth-order valence-electron chi connectivity index (χ4n) is 2.20. The number of carbonyl (C=O) groups is 1. The van der Waals surface area contributed by atoms with E-state index in [9.17, 15) is 4.79 Å². The van der Waals surface area contributed by atoms with E-state index in [1.165, 1.54) is 0 Å². The summed E-state index contributed by atoms with van der Waals surface area (Å²) in [7, 11) is 1.91. The molecule has 5 nitrogen and oxygen atoms in total. The van der Waals surface area contributed by atoms with E-state index >= 15 is 0 Å². The fourth-order valence-corrected chi connectivity index (χ4v) is 2.20. The number of aryl methyl sites for hydroxylation is 1. The van der Waals surface area contributed by atoms with Gasteiger partial charge in [0.1, 0.15) is 0 Å². The summed E-state index contributed by atoms with van der Waals surface area (Å²) in [5.41, 5.74) is 4.99. The first kappa shape index (κ1) is 13.1. The predicted octanol–water partition coefficient (Wildman–Crippen LogP) is 2.34. The average molecular weight is 278 g/mol. The predicted molar refractivity (Wildman–Crippen MR) is 82.2 cm³/mol. The van der Waals surface area contributed by atoms with Gasteiger partial charge < -0.3 is 4.57 Å². The van der Waals surface area contributed by atoms with E-state index in [-0.39, 0.29) is 5.91 Å². The van der Waals surface area contributed by atoms with Crippen molar-refractivity contribution in [2.24, 2.45) is 12.1 Å². The van der Waals surface area contributed by atoms with Crippen LogP contribution in [0.1, 0.15) is 15.9 Å². The molecule has 1 N–H and O–H groups in total. The van der Waals surface area contributed by atoms with E-state index < -0.39 is 0 Å². The van der Waals surface area contributed by atoms with Crippen LogP contribution in [0.4, 0.5) is 0 Å². The van der Waals surface area contributed by atoms with E-state index in [1.807, 2.05) is 48.0 Å². The van der Waals surface area contributed by atoms with Crippen molar-refractivity contribution in [3.63, 3.8) is 0 Å². The van der Waals surface area contributed by atoms with Crippen LogP contribution < -0.4 is 5.43 Å². The van der Waals surface area contributed by atoms with Crippen molar-refractivity contribution in [2.75, 3.05) is 0 Å². The zero-order chi connectivity index (χ0) is 14.7. The summed E-state index contributed by atoms with van der Waals surface area (Å²) in [6.45, 7) is 0. The van der Waals surface area contributed by atoms with Crippen LogP contribution in [0.25, 0.3) is 10.9 Å². The topological polar surface area (TPSA) is 59.3 Å². The first-order chi connectivity index (χ1) is 10.3. The van der Waals surface area contributed by atoms with E-state index in [0.717, 1.165) is 16.5 Å². The highest BCUT2D eigenvalue weighted by molar-refractivity contribution is 6.07. The zero-order valence-electron chi connectivity index (χ0n) is 11.5. The minimum Gasteiger partial charge on any atom is -0.350 e. The number of nitrogens with zero attached hydrogens (tertiary/aromatic N) is 3. The van der Waals surface area contributed by atoms with Crippen molar-refractivity contribution < 1.29 is 4.79 Å². The van der Waals surface area contributed by atoms with Gasteiger partial charge in [0.25, 0.3) is 5.91 Å². The lowest BCUT2D eigenvalue weighted by Gasteiger charge is -1.97.